The first kappa shape index (κ1) is 25.3. The molecule has 0 fully saturated rings. The van der Waals surface area contributed by atoms with Crippen molar-refractivity contribution in [2.75, 3.05) is 25.1 Å². The van der Waals surface area contributed by atoms with Gasteiger partial charge in [0.25, 0.3) is 5.56 Å². The van der Waals surface area contributed by atoms with E-state index in [4.69, 9.17) is 9.72 Å². The number of rotatable bonds is 7. The van der Waals surface area contributed by atoms with Crippen molar-refractivity contribution in [2.24, 2.45) is 4.99 Å². The van der Waals surface area contributed by atoms with Crippen molar-refractivity contribution in [1.29, 1.82) is 0 Å². The molecule has 1 N–H and O–H groups in total. The van der Waals surface area contributed by atoms with Crippen LogP contribution in [0.3, 0.4) is 0 Å². The van der Waals surface area contributed by atoms with Gasteiger partial charge < -0.3 is 15.0 Å². The number of amides is 1. The molecule has 3 aromatic rings. The number of carbonyl (C=O) groups excluding carboxylic acids is 1. The summed E-state index contributed by atoms with van der Waals surface area (Å²) in [5, 5.41) is 3.25. The van der Waals surface area contributed by atoms with Gasteiger partial charge in [0.15, 0.2) is 11.6 Å². The normalized spacial score (nSPS) is 15.8. The number of carbonyl (C=O) groups is 1. The van der Waals surface area contributed by atoms with Gasteiger partial charge in [0.05, 0.1) is 24.6 Å². The summed E-state index contributed by atoms with van der Waals surface area (Å²) in [6, 6.07) is 10.1. The fourth-order valence-corrected chi connectivity index (χ4v) is 4.55. The molecule has 190 valence electrons. The topological polar surface area (TPSA) is 88.8 Å². The van der Waals surface area contributed by atoms with Crippen molar-refractivity contribution in [3.05, 3.63) is 52.6 Å². The molecular formula is C27H32FN5O3. The van der Waals surface area contributed by atoms with E-state index in [1.165, 1.54) is 29.9 Å². The minimum atomic E-state index is -0.523. The largest absolute Gasteiger partial charge is 0.494 e. The summed E-state index contributed by atoms with van der Waals surface area (Å²) in [7, 11) is 1.37. The van der Waals surface area contributed by atoms with E-state index >= 15 is 0 Å². The summed E-state index contributed by atoms with van der Waals surface area (Å²) < 4.78 is 20.6. The summed E-state index contributed by atoms with van der Waals surface area (Å²) in [6.45, 7) is 7.08. The van der Waals surface area contributed by atoms with Crippen molar-refractivity contribution in [2.45, 2.75) is 52.2 Å². The van der Waals surface area contributed by atoms with Crippen LogP contribution in [0.4, 0.5) is 10.1 Å². The van der Waals surface area contributed by atoms with Crippen molar-refractivity contribution in [3.63, 3.8) is 0 Å². The van der Waals surface area contributed by atoms with Gasteiger partial charge in [0.2, 0.25) is 5.91 Å². The summed E-state index contributed by atoms with van der Waals surface area (Å²) in [6.07, 6.45) is 3.77. The predicted octanol–water partition coefficient (Wildman–Crippen LogP) is 3.80. The van der Waals surface area contributed by atoms with Gasteiger partial charge in [-0.3, -0.25) is 19.1 Å². The maximum Gasteiger partial charge on any atom is 0.262 e. The third kappa shape index (κ3) is 5.24. The second kappa shape index (κ2) is 10.9. The van der Waals surface area contributed by atoms with Gasteiger partial charge in [-0.05, 0) is 56.7 Å². The zero-order valence-corrected chi connectivity index (χ0v) is 21.1. The highest BCUT2D eigenvalue weighted by Gasteiger charge is 2.21. The number of fused-ring (bicyclic) bond motifs is 1. The first-order valence-corrected chi connectivity index (χ1v) is 12.2. The molecule has 2 heterocycles. The number of halogens is 1. The Morgan fingerprint density at radius 1 is 1.25 bits per heavy atom. The highest BCUT2D eigenvalue weighted by molar-refractivity contribution is 5.85. The molecule has 9 heteroatoms. The van der Waals surface area contributed by atoms with Crippen LogP contribution in [0.1, 0.15) is 33.6 Å². The lowest BCUT2D eigenvalue weighted by atomic mass is 10.1. The molecule has 0 spiro atoms. The predicted molar refractivity (Wildman–Crippen MR) is 141 cm³/mol. The number of aliphatic imine (C=N–C) groups is 1. The number of hydrogen-bond donors (Lipinski definition) is 1. The number of ether oxygens (including phenoxy) is 1. The van der Waals surface area contributed by atoms with Crippen LogP contribution < -0.4 is 20.5 Å². The van der Waals surface area contributed by atoms with Gasteiger partial charge in [-0.25, -0.2) is 9.37 Å². The van der Waals surface area contributed by atoms with E-state index < -0.39 is 5.82 Å². The number of anilines is 1. The molecule has 1 amide bonds. The standard InChI is InChI=1S/C27H32FN5O3/c1-5-19-10-11-29-12-13-32(19)20-7-9-23-21(15-20)27(35)33(16-25(34)30-17(2)3)26(31-23)18-6-8-22(28)24(14-18)36-4/h6-9,11,14-15,17,19H,5,10,12-13,16H2,1-4H3,(H,30,34). The number of nitrogens with zero attached hydrogens (tertiary/aromatic N) is 4. The first-order chi connectivity index (χ1) is 17.3. The summed E-state index contributed by atoms with van der Waals surface area (Å²) in [5.41, 5.74) is 1.57. The molecule has 0 saturated heterocycles. The molecule has 36 heavy (non-hydrogen) atoms. The summed E-state index contributed by atoms with van der Waals surface area (Å²) >= 11 is 0. The van der Waals surface area contributed by atoms with E-state index in [9.17, 15) is 14.0 Å². The SMILES string of the molecule is CCC1CC=NCCN1c1ccc2nc(-c3ccc(F)c(OC)c3)n(CC(=O)NC(C)C)c(=O)c2c1. The number of benzene rings is 2. The molecule has 1 unspecified atom stereocenters. The third-order valence-electron chi connectivity index (χ3n) is 6.32. The second-order valence-corrected chi connectivity index (χ2v) is 9.18. The molecule has 8 nitrogen and oxygen atoms in total. The minimum Gasteiger partial charge on any atom is -0.494 e. The summed E-state index contributed by atoms with van der Waals surface area (Å²) in [4.78, 5) is 38.0. The monoisotopic (exact) mass is 493 g/mol. The molecule has 0 radical (unpaired) electrons. The van der Waals surface area contributed by atoms with Crippen LogP contribution in [-0.2, 0) is 11.3 Å². The lowest BCUT2D eigenvalue weighted by Crippen LogP contribution is -2.37. The van der Waals surface area contributed by atoms with Crippen molar-refractivity contribution < 1.29 is 13.9 Å². The number of hydrogen-bond acceptors (Lipinski definition) is 6. The Hall–Kier alpha value is -3.75. The van der Waals surface area contributed by atoms with Gasteiger partial charge in [-0.1, -0.05) is 6.92 Å². The molecule has 0 bridgehead atoms. The Balaban J connectivity index is 1.87. The van der Waals surface area contributed by atoms with E-state index in [-0.39, 0.29) is 41.7 Å². The zero-order chi connectivity index (χ0) is 25.8. The second-order valence-electron chi connectivity index (χ2n) is 9.18. The van der Waals surface area contributed by atoms with E-state index in [2.05, 4.69) is 22.1 Å². The zero-order valence-electron chi connectivity index (χ0n) is 21.1. The lowest BCUT2D eigenvalue weighted by Gasteiger charge is -2.31. The van der Waals surface area contributed by atoms with Crippen LogP contribution in [-0.4, -0.2) is 54.0 Å². The number of methoxy groups -OCH3 is 1. The molecule has 1 aromatic heterocycles. The van der Waals surface area contributed by atoms with Gasteiger partial charge in [-0.2, -0.15) is 0 Å². The minimum absolute atomic E-state index is 0.0318. The fraction of sp³-hybridized carbons (Fsp3) is 0.407. The molecule has 1 atom stereocenters. The van der Waals surface area contributed by atoms with Crippen molar-refractivity contribution >= 4 is 28.7 Å². The summed E-state index contributed by atoms with van der Waals surface area (Å²) in [5.74, 6) is -0.531. The Labute approximate surface area is 209 Å². The molecule has 0 aliphatic carbocycles. The first-order valence-electron chi connectivity index (χ1n) is 12.2. The van der Waals surface area contributed by atoms with E-state index in [0.29, 0.717) is 23.0 Å². The van der Waals surface area contributed by atoms with Gasteiger partial charge in [-0.15, -0.1) is 0 Å². The average molecular weight is 494 g/mol. The molecule has 1 aliphatic rings. The maximum absolute atomic E-state index is 14.1. The van der Waals surface area contributed by atoms with Crippen molar-refractivity contribution in [3.8, 4) is 17.1 Å². The van der Waals surface area contributed by atoms with Crippen LogP contribution in [0.15, 0.2) is 46.2 Å². The molecule has 1 aliphatic heterocycles. The van der Waals surface area contributed by atoms with Crippen LogP contribution in [0.25, 0.3) is 22.3 Å². The Morgan fingerprint density at radius 2 is 2.06 bits per heavy atom. The maximum atomic E-state index is 14.1. The van der Waals surface area contributed by atoms with E-state index in [1.807, 2.05) is 38.3 Å². The van der Waals surface area contributed by atoms with Crippen LogP contribution >= 0.6 is 0 Å². The van der Waals surface area contributed by atoms with Gasteiger partial charge >= 0.3 is 0 Å². The quantitative estimate of drug-likeness (QED) is 0.541. The molecule has 0 saturated carbocycles. The molecular weight excluding hydrogens is 461 g/mol. The average Bonchev–Trinajstić information content (AvgIpc) is 3.11. The number of aromatic nitrogens is 2. The van der Waals surface area contributed by atoms with Crippen molar-refractivity contribution in [1.82, 2.24) is 14.9 Å². The van der Waals surface area contributed by atoms with Gasteiger partial charge in [0.1, 0.15) is 12.4 Å². The fourth-order valence-electron chi connectivity index (χ4n) is 4.55. The van der Waals surface area contributed by atoms with Crippen LogP contribution in [0, 0.1) is 5.82 Å². The van der Waals surface area contributed by atoms with E-state index in [0.717, 1.165) is 25.1 Å². The van der Waals surface area contributed by atoms with Gasteiger partial charge in [0, 0.05) is 42.5 Å². The molecule has 4 rings (SSSR count). The lowest BCUT2D eigenvalue weighted by molar-refractivity contribution is -0.122. The van der Waals surface area contributed by atoms with E-state index in [1.54, 1.807) is 0 Å². The van der Waals surface area contributed by atoms with Crippen LogP contribution in [0.2, 0.25) is 0 Å². The van der Waals surface area contributed by atoms with Crippen LogP contribution in [0.5, 0.6) is 5.75 Å². The Morgan fingerprint density at radius 3 is 2.78 bits per heavy atom. The molecule has 2 aromatic carbocycles. The smallest absolute Gasteiger partial charge is 0.262 e. The highest BCUT2D eigenvalue weighted by atomic mass is 19.1. The third-order valence-corrected chi connectivity index (χ3v) is 6.32. The highest BCUT2D eigenvalue weighted by Crippen LogP contribution is 2.28. The Bertz CT molecular complexity index is 1350. The number of nitrogens with one attached hydrogen (secondary N) is 1. The Kier molecular flexibility index (Phi) is 7.67.